The molecule has 0 aromatic carbocycles. The number of hydrogen-bond donors (Lipinski definition) is 1. The number of allylic oxidation sites excluding steroid dienone is 3. The highest BCUT2D eigenvalue weighted by molar-refractivity contribution is 6.01. The lowest BCUT2D eigenvalue weighted by Crippen LogP contribution is -2.46. The van der Waals surface area contributed by atoms with E-state index in [2.05, 4.69) is 34.3 Å². The number of carboxylic acid groups (broad SMARTS) is 1. The van der Waals surface area contributed by atoms with Crippen LogP contribution in [0, 0.1) is 51.8 Å². The molecule has 186 valence electrons. The molecule has 0 saturated heterocycles. The number of ketones is 1. The molecule has 6 rings (SSSR count). The Balaban J connectivity index is 1.33. The van der Waals surface area contributed by atoms with Gasteiger partial charge in [-0.3, -0.25) is 9.59 Å². The lowest BCUT2D eigenvalue weighted by molar-refractivity contribution is -0.148. The SMILES string of the molecule is C=C1CC[C@@H]2CC3=C(O[C@@]2(C)CC[C@H]2[C@H]1CC2(C)C)C(=O)[C@@H]1C[C@H]2C[C@](C)(C(=O)O)C[C@H]2[C@]31C. The van der Waals surface area contributed by atoms with E-state index in [0.29, 0.717) is 47.7 Å². The Morgan fingerprint density at radius 3 is 2.47 bits per heavy atom. The predicted molar refractivity (Wildman–Crippen MR) is 131 cm³/mol. The molecule has 4 saturated carbocycles. The summed E-state index contributed by atoms with van der Waals surface area (Å²) in [6.07, 6.45) is 8.67. The van der Waals surface area contributed by atoms with Crippen molar-refractivity contribution in [2.45, 2.75) is 98.0 Å². The molecule has 0 radical (unpaired) electrons. The predicted octanol–water partition coefficient (Wildman–Crippen LogP) is 6.55. The third-order valence-electron chi connectivity index (χ3n) is 12.1. The smallest absolute Gasteiger partial charge is 0.309 e. The molecule has 0 aromatic heterocycles. The van der Waals surface area contributed by atoms with Crippen molar-refractivity contribution in [1.82, 2.24) is 0 Å². The van der Waals surface area contributed by atoms with Crippen LogP contribution in [0.2, 0.25) is 0 Å². The van der Waals surface area contributed by atoms with Gasteiger partial charge in [-0.1, -0.05) is 32.9 Å². The Labute approximate surface area is 204 Å². The highest BCUT2D eigenvalue weighted by Gasteiger charge is 2.68. The van der Waals surface area contributed by atoms with Crippen LogP contribution in [-0.4, -0.2) is 22.5 Å². The maximum absolute atomic E-state index is 13.8. The molecule has 5 aliphatic carbocycles. The zero-order valence-corrected chi connectivity index (χ0v) is 21.7. The molecule has 0 amide bonds. The summed E-state index contributed by atoms with van der Waals surface area (Å²) in [6.45, 7) is 15.8. The number of hydrogen-bond acceptors (Lipinski definition) is 3. The first kappa shape index (κ1) is 22.9. The number of carbonyl (C=O) groups excluding carboxylic acids is 1. The van der Waals surface area contributed by atoms with E-state index in [1.807, 2.05) is 6.92 Å². The van der Waals surface area contributed by atoms with Crippen molar-refractivity contribution in [3.8, 4) is 0 Å². The second-order valence-electron chi connectivity index (χ2n) is 14.3. The van der Waals surface area contributed by atoms with Gasteiger partial charge < -0.3 is 9.84 Å². The Kier molecular flexibility index (Phi) is 4.57. The molecular weight excluding hydrogens is 424 g/mol. The van der Waals surface area contributed by atoms with Gasteiger partial charge in [0.25, 0.3) is 0 Å². The van der Waals surface area contributed by atoms with E-state index in [-0.39, 0.29) is 28.6 Å². The highest BCUT2D eigenvalue weighted by atomic mass is 16.5. The molecule has 9 atom stereocenters. The number of carboxylic acids is 1. The summed E-state index contributed by atoms with van der Waals surface area (Å²) < 4.78 is 6.85. The third kappa shape index (κ3) is 2.77. The van der Waals surface area contributed by atoms with Crippen LogP contribution in [0.1, 0.15) is 92.4 Å². The van der Waals surface area contributed by atoms with Crippen molar-refractivity contribution in [2.24, 2.45) is 51.8 Å². The number of aliphatic carboxylic acids is 1. The zero-order valence-electron chi connectivity index (χ0n) is 21.7. The molecule has 4 heteroatoms. The number of ether oxygens (including phenoxy) is 1. The van der Waals surface area contributed by atoms with Crippen LogP contribution >= 0.6 is 0 Å². The van der Waals surface area contributed by atoms with Gasteiger partial charge in [-0.05, 0) is 106 Å². The van der Waals surface area contributed by atoms with Crippen molar-refractivity contribution >= 4 is 11.8 Å². The largest absolute Gasteiger partial charge is 0.484 e. The van der Waals surface area contributed by atoms with E-state index in [9.17, 15) is 14.7 Å². The minimum absolute atomic E-state index is 0.0216. The molecule has 0 unspecified atom stereocenters. The summed E-state index contributed by atoms with van der Waals surface area (Å²) in [4.78, 5) is 25.8. The van der Waals surface area contributed by atoms with E-state index in [4.69, 9.17) is 4.74 Å². The minimum Gasteiger partial charge on any atom is -0.484 e. The van der Waals surface area contributed by atoms with Gasteiger partial charge in [0.1, 0.15) is 5.60 Å². The molecule has 0 spiro atoms. The van der Waals surface area contributed by atoms with Crippen LogP contribution in [0.4, 0.5) is 0 Å². The first-order chi connectivity index (χ1) is 15.8. The molecule has 0 bridgehead atoms. The lowest BCUT2D eigenvalue weighted by Gasteiger charge is -2.53. The second-order valence-corrected chi connectivity index (χ2v) is 14.3. The quantitative estimate of drug-likeness (QED) is 0.445. The average molecular weight is 467 g/mol. The average Bonchev–Trinajstić information content (AvgIpc) is 3.30. The summed E-state index contributed by atoms with van der Waals surface area (Å²) >= 11 is 0. The third-order valence-corrected chi connectivity index (χ3v) is 12.1. The number of rotatable bonds is 1. The van der Waals surface area contributed by atoms with Gasteiger partial charge in [0.2, 0.25) is 5.78 Å². The van der Waals surface area contributed by atoms with Crippen LogP contribution in [0.15, 0.2) is 23.5 Å². The normalized spacial score (nSPS) is 51.1. The van der Waals surface area contributed by atoms with Crippen LogP contribution in [-0.2, 0) is 14.3 Å². The van der Waals surface area contributed by atoms with Crippen molar-refractivity contribution < 1.29 is 19.4 Å². The van der Waals surface area contributed by atoms with E-state index in [1.165, 1.54) is 17.6 Å². The fourth-order valence-corrected chi connectivity index (χ4v) is 9.87. The fraction of sp³-hybridized carbons (Fsp3) is 0.800. The molecule has 0 aromatic rings. The van der Waals surface area contributed by atoms with E-state index in [1.54, 1.807) is 0 Å². The van der Waals surface area contributed by atoms with Gasteiger partial charge in [-0.15, -0.1) is 0 Å². The van der Waals surface area contributed by atoms with E-state index >= 15 is 0 Å². The lowest BCUT2D eigenvalue weighted by atomic mass is 9.52. The van der Waals surface area contributed by atoms with Gasteiger partial charge in [-0.25, -0.2) is 0 Å². The monoisotopic (exact) mass is 466 g/mol. The Morgan fingerprint density at radius 2 is 1.79 bits per heavy atom. The fourth-order valence-electron chi connectivity index (χ4n) is 9.87. The van der Waals surface area contributed by atoms with Gasteiger partial charge in [-0.2, -0.15) is 0 Å². The van der Waals surface area contributed by atoms with Gasteiger partial charge in [0, 0.05) is 17.3 Å². The molecule has 4 nitrogen and oxygen atoms in total. The molecular formula is C30H42O4. The van der Waals surface area contributed by atoms with Crippen molar-refractivity contribution in [3.63, 3.8) is 0 Å². The van der Waals surface area contributed by atoms with Crippen molar-refractivity contribution in [2.75, 3.05) is 0 Å². The zero-order chi connectivity index (χ0) is 24.4. The molecule has 34 heavy (non-hydrogen) atoms. The number of carbonyl (C=O) groups is 2. The highest BCUT2D eigenvalue weighted by Crippen LogP contribution is 2.70. The summed E-state index contributed by atoms with van der Waals surface area (Å²) in [7, 11) is 0. The summed E-state index contributed by atoms with van der Waals surface area (Å²) in [5.41, 5.74) is 1.83. The van der Waals surface area contributed by atoms with Gasteiger partial charge in [0.05, 0.1) is 5.41 Å². The summed E-state index contributed by atoms with van der Waals surface area (Å²) in [6, 6.07) is 0. The molecule has 1 N–H and O–H groups in total. The number of fused-ring (bicyclic) bond motifs is 6. The Hall–Kier alpha value is -1.58. The summed E-state index contributed by atoms with van der Waals surface area (Å²) in [5.74, 6) is 2.49. The van der Waals surface area contributed by atoms with Crippen LogP contribution in [0.3, 0.4) is 0 Å². The molecule has 1 heterocycles. The van der Waals surface area contributed by atoms with E-state index in [0.717, 1.165) is 38.5 Å². The Bertz CT molecular complexity index is 1020. The first-order valence-electron chi connectivity index (χ1n) is 13.7. The van der Waals surface area contributed by atoms with E-state index < -0.39 is 11.4 Å². The minimum atomic E-state index is -0.680. The summed E-state index contributed by atoms with van der Waals surface area (Å²) in [5, 5.41) is 9.91. The van der Waals surface area contributed by atoms with Gasteiger partial charge in [0.15, 0.2) is 5.76 Å². The van der Waals surface area contributed by atoms with Gasteiger partial charge >= 0.3 is 5.97 Å². The first-order valence-corrected chi connectivity index (χ1v) is 13.7. The van der Waals surface area contributed by atoms with Crippen LogP contribution in [0.5, 0.6) is 0 Å². The van der Waals surface area contributed by atoms with Crippen molar-refractivity contribution in [3.05, 3.63) is 23.5 Å². The topological polar surface area (TPSA) is 63.6 Å². The molecule has 6 aliphatic rings. The molecule has 1 aliphatic heterocycles. The van der Waals surface area contributed by atoms with Crippen LogP contribution in [0.25, 0.3) is 0 Å². The Morgan fingerprint density at radius 1 is 1.06 bits per heavy atom. The van der Waals surface area contributed by atoms with Crippen molar-refractivity contribution in [1.29, 1.82) is 0 Å². The van der Waals surface area contributed by atoms with Crippen LogP contribution < -0.4 is 0 Å². The number of Topliss-reactive ketones (excluding diaryl/α,β-unsaturated/α-hetero) is 1. The molecule has 4 fully saturated rings. The standard InChI is InChI=1S/C30H42O4/c1-16-7-8-18-12-22-25(34-29(18,5)10-9-20-19(16)14-27(20,2)3)24(31)21-11-17-13-28(4,26(32)33)15-23(17)30(21,22)6/h17-21,23H,1,7-15H2,2-6H3,(H,32,33)/t17-,18+,19-,20-,21-,23+,28-,29-,30-/m0/s1. The maximum atomic E-state index is 13.8. The maximum Gasteiger partial charge on any atom is 0.309 e. The second kappa shape index (κ2) is 6.79.